The predicted octanol–water partition coefficient (Wildman–Crippen LogP) is 2.18. The van der Waals surface area contributed by atoms with E-state index >= 15 is 0 Å². The minimum absolute atomic E-state index is 0.164. The average molecular weight is 247 g/mol. The smallest absolute Gasteiger partial charge is 0.417 e. The maximum Gasteiger partial charge on any atom is 0.417 e. The number of rotatable bonds is 4. The van der Waals surface area contributed by atoms with E-state index in [1.807, 2.05) is 5.32 Å². The molecule has 0 amide bonds. The fourth-order valence-electron chi connectivity index (χ4n) is 1.17. The molecule has 0 aliphatic rings. The number of carbonyl (C=O) groups is 1. The molecule has 1 unspecified atom stereocenters. The number of benzene rings is 1. The second-order valence-electron chi connectivity index (χ2n) is 3.77. The van der Waals surface area contributed by atoms with Gasteiger partial charge in [0.05, 0.1) is 0 Å². The molecule has 1 aromatic carbocycles. The summed E-state index contributed by atoms with van der Waals surface area (Å²) in [7, 11) is 0. The third-order valence-electron chi connectivity index (χ3n) is 2.48. The molecule has 0 heterocycles. The van der Waals surface area contributed by atoms with Crippen LogP contribution in [0.2, 0.25) is 0 Å². The van der Waals surface area contributed by atoms with Crippen LogP contribution in [0.5, 0.6) is 0 Å². The summed E-state index contributed by atoms with van der Waals surface area (Å²) in [6.45, 7) is 0.446. The molecule has 0 aliphatic carbocycles. The number of halogens is 3. The van der Waals surface area contributed by atoms with Gasteiger partial charge in [0.15, 0.2) is 0 Å². The van der Waals surface area contributed by atoms with E-state index in [-0.39, 0.29) is 6.54 Å². The summed E-state index contributed by atoms with van der Waals surface area (Å²) < 4.78 is 37.8. The molecule has 0 spiro atoms. The molecule has 17 heavy (non-hydrogen) atoms. The summed E-state index contributed by atoms with van der Waals surface area (Å²) in [6, 6.07) is 8.30. The van der Waals surface area contributed by atoms with Crippen LogP contribution < -0.4 is 5.32 Å². The van der Waals surface area contributed by atoms with Gasteiger partial charge in [-0.2, -0.15) is 13.2 Å². The van der Waals surface area contributed by atoms with Crippen LogP contribution in [0.3, 0.4) is 0 Å². The Hall–Kier alpha value is -1.56. The van der Waals surface area contributed by atoms with Gasteiger partial charge in [0.25, 0.3) is 0 Å². The van der Waals surface area contributed by atoms with Crippen molar-refractivity contribution in [3.8, 4) is 0 Å². The Morgan fingerprint density at radius 2 is 1.82 bits per heavy atom. The fraction of sp³-hybridized carbons (Fsp3) is 0.364. The second-order valence-corrected chi connectivity index (χ2v) is 3.77. The van der Waals surface area contributed by atoms with Gasteiger partial charge in [-0.3, -0.25) is 5.32 Å². The average Bonchev–Trinajstić information content (AvgIpc) is 2.25. The lowest BCUT2D eigenvalue weighted by atomic mass is 10.0. The highest BCUT2D eigenvalue weighted by Crippen LogP contribution is 2.30. The molecular formula is C11H12F3NO2. The first kappa shape index (κ1) is 13.5. The van der Waals surface area contributed by atoms with Gasteiger partial charge in [-0.05, 0) is 12.5 Å². The quantitative estimate of drug-likeness (QED) is 0.857. The van der Waals surface area contributed by atoms with Gasteiger partial charge < -0.3 is 5.11 Å². The second kappa shape index (κ2) is 4.75. The summed E-state index contributed by atoms with van der Waals surface area (Å²) in [4.78, 5) is 10.7. The van der Waals surface area contributed by atoms with Crippen molar-refractivity contribution in [2.75, 3.05) is 0 Å². The number of aliphatic carboxylic acids is 1. The summed E-state index contributed by atoms with van der Waals surface area (Å²) >= 11 is 0. The number of carboxylic acid groups (broad SMARTS) is 1. The van der Waals surface area contributed by atoms with Gasteiger partial charge in [0.1, 0.15) is 0 Å². The molecule has 3 nitrogen and oxygen atoms in total. The Kier molecular flexibility index (Phi) is 3.77. The Balaban J connectivity index is 2.80. The maximum absolute atomic E-state index is 12.6. The normalized spacial score (nSPS) is 15.3. The van der Waals surface area contributed by atoms with Gasteiger partial charge in [0, 0.05) is 6.54 Å². The van der Waals surface area contributed by atoms with E-state index in [1.165, 1.54) is 0 Å². The summed E-state index contributed by atoms with van der Waals surface area (Å²) in [5, 5.41) is 10.7. The lowest BCUT2D eigenvalue weighted by Crippen LogP contribution is -2.59. The molecule has 0 bridgehead atoms. The van der Waals surface area contributed by atoms with Crippen LogP contribution in [-0.2, 0) is 11.3 Å². The van der Waals surface area contributed by atoms with Crippen molar-refractivity contribution in [1.29, 1.82) is 0 Å². The molecule has 2 N–H and O–H groups in total. The monoisotopic (exact) mass is 247 g/mol. The lowest BCUT2D eigenvalue weighted by molar-refractivity contribution is -0.206. The van der Waals surface area contributed by atoms with Crippen LogP contribution in [-0.4, -0.2) is 22.8 Å². The Morgan fingerprint density at radius 1 is 1.29 bits per heavy atom. The van der Waals surface area contributed by atoms with E-state index in [2.05, 4.69) is 0 Å². The fourth-order valence-corrected chi connectivity index (χ4v) is 1.17. The number of carboxylic acids is 1. The van der Waals surface area contributed by atoms with Gasteiger partial charge in [-0.15, -0.1) is 0 Å². The molecule has 1 aromatic rings. The van der Waals surface area contributed by atoms with Crippen molar-refractivity contribution >= 4 is 5.97 Å². The van der Waals surface area contributed by atoms with E-state index in [0.29, 0.717) is 12.5 Å². The highest BCUT2D eigenvalue weighted by molar-refractivity contribution is 5.79. The molecule has 0 aliphatic heterocycles. The van der Waals surface area contributed by atoms with Crippen LogP contribution in [0.15, 0.2) is 30.3 Å². The van der Waals surface area contributed by atoms with Crippen LogP contribution in [0.1, 0.15) is 12.5 Å². The zero-order valence-corrected chi connectivity index (χ0v) is 9.08. The first-order valence-corrected chi connectivity index (χ1v) is 4.86. The summed E-state index contributed by atoms with van der Waals surface area (Å²) in [5.74, 6) is -1.94. The number of nitrogens with one attached hydrogen (secondary N) is 1. The van der Waals surface area contributed by atoms with Gasteiger partial charge >= 0.3 is 12.1 Å². The minimum atomic E-state index is -4.85. The van der Waals surface area contributed by atoms with Crippen molar-refractivity contribution in [2.45, 2.75) is 25.2 Å². The number of alkyl halides is 3. The van der Waals surface area contributed by atoms with E-state index in [1.54, 1.807) is 30.3 Å². The van der Waals surface area contributed by atoms with E-state index in [9.17, 15) is 18.0 Å². The molecule has 0 saturated heterocycles. The number of hydrogen-bond acceptors (Lipinski definition) is 2. The van der Waals surface area contributed by atoms with E-state index in [4.69, 9.17) is 5.11 Å². The molecule has 1 rings (SSSR count). The zero-order chi connectivity index (χ0) is 13.1. The van der Waals surface area contributed by atoms with Gasteiger partial charge in [-0.25, -0.2) is 4.79 Å². The molecule has 0 radical (unpaired) electrons. The zero-order valence-electron chi connectivity index (χ0n) is 9.08. The van der Waals surface area contributed by atoms with Gasteiger partial charge in [0.2, 0.25) is 5.54 Å². The lowest BCUT2D eigenvalue weighted by Gasteiger charge is -2.28. The van der Waals surface area contributed by atoms with Crippen molar-refractivity contribution in [2.24, 2.45) is 0 Å². The van der Waals surface area contributed by atoms with Crippen LogP contribution in [0.4, 0.5) is 13.2 Å². The Labute approximate surface area is 96.3 Å². The topological polar surface area (TPSA) is 49.3 Å². The van der Waals surface area contributed by atoms with Crippen molar-refractivity contribution in [3.63, 3.8) is 0 Å². The maximum atomic E-state index is 12.6. The van der Waals surface area contributed by atoms with Crippen LogP contribution in [0.25, 0.3) is 0 Å². The van der Waals surface area contributed by atoms with Crippen molar-refractivity contribution in [1.82, 2.24) is 5.32 Å². The van der Waals surface area contributed by atoms with Crippen molar-refractivity contribution in [3.05, 3.63) is 35.9 Å². The van der Waals surface area contributed by atoms with Crippen LogP contribution in [0, 0.1) is 0 Å². The first-order chi connectivity index (χ1) is 7.77. The molecule has 1 atom stereocenters. The molecule has 0 saturated carbocycles. The van der Waals surface area contributed by atoms with Crippen molar-refractivity contribution < 1.29 is 23.1 Å². The first-order valence-electron chi connectivity index (χ1n) is 4.86. The Morgan fingerprint density at radius 3 is 2.24 bits per heavy atom. The largest absolute Gasteiger partial charge is 0.480 e. The molecular weight excluding hydrogens is 235 g/mol. The Bertz CT molecular complexity index is 391. The third-order valence-corrected chi connectivity index (χ3v) is 2.48. The SMILES string of the molecule is CC(NCc1ccccc1)(C(=O)O)C(F)(F)F. The molecule has 0 fully saturated rings. The van der Waals surface area contributed by atoms with E-state index in [0.717, 1.165) is 0 Å². The van der Waals surface area contributed by atoms with Gasteiger partial charge in [-0.1, -0.05) is 30.3 Å². The standard InChI is InChI=1S/C11H12F3NO2/c1-10(9(16)17,11(12,13)14)15-7-8-5-3-2-4-6-8/h2-6,15H,7H2,1H3,(H,16,17). The molecule has 0 aromatic heterocycles. The summed E-state index contributed by atoms with van der Waals surface area (Å²) in [6.07, 6.45) is -4.85. The molecule has 6 heteroatoms. The molecule has 94 valence electrons. The number of hydrogen-bond donors (Lipinski definition) is 2. The van der Waals surface area contributed by atoms with Crippen LogP contribution >= 0.6 is 0 Å². The van der Waals surface area contributed by atoms with E-state index < -0.39 is 17.7 Å². The highest BCUT2D eigenvalue weighted by atomic mass is 19.4. The minimum Gasteiger partial charge on any atom is -0.480 e. The summed E-state index contributed by atoms with van der Waals surface area (Å²) in [5.41, 5.74) is -2.35. The third kappa shape index (κ3) is 2.97. The predicted molar refractivity (Wildman–Crippen MR) is 55.4 cm³/mol. The highest BCUT2D eigenvalue weighted by Gasteiger charge is 2.57.